The second-order valence-corrected chi connectivity index (χ2v) is 4.96. The summed E-state index contributed by atoms with van der Waals surface area (Å²) >= 11 is 1.36. The molecule has 0 radical (unpaired) electrons. The average Bonchev–Trinajstić information content (AvgIpc) is 2.26. The number of hydrogen-bond donors (Lipinski definition) is 1. The number of nitrogens with zero attached hydrogens (tertiary/aromatic N) is 4. The molecule has 0 amide bonds. The number of aromatic nitrogens is 4. The minimum absolute atomic E-state index is 0.407. The molecule has 0 aliphatic heterocycles. The van der Waals surface area contributed by atoms with Crippen LogP contribution in [-0.4, -0.2) is 19.9 Å². The van der Waals surface area contributed by atoms with E-state index in [9.17, 15) is 0 Å². The maximum atomic E-state index is 5.60. The van der Waals surface area contributed by atoms with Crippen LogP contribution >= 0.6 is 11.8 Å². The third kappa shape index (κ3) is 3.24. The summed E-state index contributed by atoms with van der Waals surface area (Å²) in [7, 11) is 0. The predicted molar refractivity (Wildman–Crippen MR) is 70.3 cm³/mol. The van der Waals surface area contributed by atoms with Crippen LogP contribution in [0, 0.1) is 20.8 Å². The highest BCUT2D eigenvalue weighted by atomic mass is 32.2. The first-order valence-electron chi connectivity index (χ1n) is 5.61. The number of rotatable bonds is 3. The normalized spacial score (nSPS) is 10.7. The second kappa shape index (κ2) is 5.41. The lowest BCUT2D eigenvalue weighted by atomic mass is 10.3. The molecule has 2 aromatic heterocycles. The zero-order valence-electron chi connectivity index (χ0n) is 10.6. The summed E-state index contributed by atoms with van der Waals surface area (Å²) in [6.45, 7) is 6.22. The van der Waals surface area contributed by atoms with Gasteiger partial charge in [0.05, 0.1) is 5.69 Å². The molecule has 2 heterocycles. The van der Waals surface area contributed by atoms with Crippen LogP contribution in [0.25, 0.3) is 0 Å². The van der Waals surface area contributed by atoms with Crippen LogP contribution in [0.3, 0.4) is 0 Å². The van der Waals surface area contributed by atoms with Gasteiger partial charge in [-0.2, -0.15) is 0 Å². The summed E-state index contributed by atoms with van der Waals surface area (Å²) in [6, 6.07) is 3.82. The van der Waals surface area contributed by atoms with E-state index in [0.29, 0.717) is 16.9 Å². The minimum Gasteiger partial charge on any atom is -0.325 e. The van der Waals surface area contributed by atoms with Crippen molar-refractivity contribution in [3.05, 3.63) is 34.9 Å². The highest BCUT2D eigenvalue weighted by Gasteiger charge is 2.07. The molecule has 6 heteroatoms. The summed E-state index contributed by atoms with van der Waals surface area (Å²) in [5.41, 5.74) is 9.21. The largest absolute Gasteiger partial charge is 0.325 e. The van der Waals surface area contributed by atoms with Crippen molar-refractivity contribution < 1.29 is 0 Å². The van der Waals surface area contributed by atoms with E-state index < -0.39 is 0 Å². The van der Waals surface area contributed by atoms with Gasteiger partial charge >= 0.3 is 0 Å². The Bertz CT molecular complexity index is 550. The minimum atomic E-state index is 0.407. The first-order chi connectivity index (χ1) is 8.56. The predicted octanol–water partition coefficient (Wildman–Crippen LogP) is 1.80. The molecular weight excluding hydrogens is 246 g/mol. The van der Waals surface area contributed by atoms with Gasteiger partial charge in [-0.3, -0.25) is 0 Å². The van der Waals surface area contributed by atoms with Crippen molar-refractivity contribution in [2.75, 3.05) is 0 Å². The Morgan fingerprint density at radius 2 is 1.39 bits per heavy atom. The topological polar surface area (TPSA) is 77.6 Å². The molecule has 0 bridgehead atoms. The summed E-state index contributed by atoms with van der Waals surface area (Å²) in [5.74, 6) is 0. The van der Waals surface area contributed by atoms with Gasteiger partial charge < -0.3 is 5.73 Å². The van der Waals surface area contributed by atoms with E-state index in [1.54, 1.807) is 0 Å². The summed E-state index contributed by atoms with van der Waals surface area (Å²) < 4.78 is 0. The highest BCUT2D eigenvalue weighted by molar-refractivity contribution is 7.99. The highest BCUT2D eigenvalue weighted by Crippen LogP contribution is 2.22. The zero-order valence-corrected chi connectivity index (χ0v) is 11.5. The molecule has 0 aromatic carbocycles. The van der Waals surface area contributed by atoms with Crippen LogP contribution in [0.2, 0.25) is 0 Å². The SMILES string of the molecule is Cc1cc(C)nc(Sc2nc(C)cc(CN)n2)n1. The molecule has 0 aliphatic rings. The van der Waals surface area contributed by atoms with Gasteiger partial charge in [0.15, 0.2) is 10.3 Å². The van der Waals surface area contributed by atoms with Gasteiger partial charge in [0, 0.05) is 23.6 Å². The zero-order chi connectivity index (χ0) is 13.1. The fourth-order valence-electron chi connectivity index (χ4n) is 1.58. The molecule has 0 aliphatic carbocycles. The molecular formula is C12H15N5S. The number of hydrogen-bond acceptors (Lipinski definition) is 6. The molecule has 0 saturated heterocycles. The van der Waals surface area contributed by atoms with Crippen molar-refractivity contribution in [3.8, 4) is 0 Å². The standard InChI is InChI=1S/C12H15N5S/c1-7-4-8(2)15-11(14-7)18-12-16-9(3)5-10(6-13)17-12/h4-5H,6,13H2,1-3H3. The van der Waals surface area contributed by atoms with E-state index in [0.717, 1.165) is 22.8 Å². The van der Waals surface area contributed by atoms with E-state index >= 15 is 0 Å². The third-order valence-corrected chi connectivity index (χ3v) is 2.97. The maximum absolute atomic E-state index is 5.60. The number of nitrogens with two attached hydrogens (primary N) is 1. The van der Waals surface area contributed by atoms with E-state index in [4.69, 9.17) is 5.73 Å². The Labute approximate surface area is 110 Å². The van der Waals surface area contributed by atoms with E-state index in [1.807, 2.05) is 32.9 Å². The molecule has 0 saturated carbocycles. The Hall–Kier alpha value is -1.53. The fraction of sp³-hybridized carbons (Fsp3) is 0.333. The Balaban J connectivity index is 2.30. The Morgan fingerprint density at radius 3 is 1.94 bits per heavy atom. The van der Waals surface area contributed by atoms with Crippen molar-refractivity contribution in [3.63, 3.8) is 0 Å². The third-order valence-electron chi connectivity index (χ3n) is 2.24. The van der Waals surface area contributed by atoms with Gasteiger partial charge in [0.25, 0.3) is 0 Å². The fourth-order valence-corrected chi connectivity index (χ4v) is 2.47. The van der Waals surface area contributed by atoms with Crippen LogP contribution in [0.4, 0.5) is 0 Å². The average molecular weight is 261 g/mol. The maximum Gasteiger partial charge on any atom is 0.195 e. The van der Waals surface area contributed by atoms with Crippen LogP contribution < -0.4 is 5.73 Å². The molecule has 2 aromatic rings. The van der Waals surface area contributed by atoms with Gasteiger partial charge in [-0.1, -0.05) is 0 Å². The van der Waals surface area contributed by atoms with Crippen molar-refractivity contribution in [1.29, 1.82) is 0 Å². The van der Waals surface area contributed by atoms with Gasteiger partial charge in [-0.05, 0) is 44.7 Å². The molecule has 2 rings (SSSR count). The molecule has 18 heavy (non-hydrogen) atoms. The van der Waals surface area contributed by atoms with E-state index in [1.165, 1.54) is 11.8 Å². The monoisotopic (exact) mass is 261 g/mol. The lowest BCUT2D eigenvalue weighted by Gasteiger charge is -2.04. The van der Waals surface area contributed by atoms with Gasteiger partial charge in [0.1, 0.15) is 0 Å². The summed E-state index contributed by atoms with van der Waals surface area (Å²) in [6.07, 6.45) is 0. The van der Waals surface area contributed by atoms with Crippen molar-refractivity contribution in [1.82, 2.24) is 19.9 Å². The summed E-state index contributed by atoms with van der Waals surface area (Å²) in [5, 5.41) is 1.31. The molecule has 0 unspecified atom stereocenters. The van der Waals surface area contributed by atoms with Crippen molar-refractivity contribution in [2.45, 2.75) is 37.6 Å². The molecule has 0 atom stereocenters. The lowest BCUT2D eigenvalue weighted by Crippen LogP contribution is -2.03. The van der Waals surface area contributed by atoms with E-state index in [2.05, 4.69) is 19.9 Å². The van der Waals surface area contributed by atoms with Gasteiger partial charge in [0.2, 0.25) is 0 Å². The van der Waals surface area contributed by atoms with Crippen molar-refractivity contribution in [2.24, 2.45) is 5.73 Å². The first-order valence-corrected chi connectivity index (χ1v) is 6.43. The Morgan fingerprint density at radius 1 is 0.889 bits per heavy atom. The van der Waals surface area contributed by atoms with Crippen molar-refractivity contribution >= 4 is 11.8 Å². The smallest absolute Gasteiger partial charge is 0.195 e. The molecule has 0 spiro atoms. The second-order valence-electron chi connectivity index (χ2n) is 4.02. The molecule has 0 fully saturated rings. The lowest BCUT2D eigenvalue weighted by molar-refractivity contribution is 0.841. The van der Waals surface area contributed by atoms with Crippen LogP contribution in [0.5, 0.6) is 0 Å². The molecule has 94 valence electrons. The van der Waals surface area contributed by atoms with Crippen LogP contribution in [-0.2, 0) is 6.54 Å². The van der Waals surface area contributed by atoms with Gasteiger partial charge in [-0.15, -0.1) is 0 Å². The van der Waals surface area contributed by atoms with E-state index in [-0.39, 0.29) is 0 Å². The van der Waals surface area contributed by atoms with Crippen LogP contribution in [0.1, 0.15) is 22.8 Å². The molecule has 2 N–H and O–H groups in total. The van der Waals surface area contributed by atoms with Gasteiger partial charge in [-0.25, -0.2) is 19.9 Å². The first kappa shape index (κ1) is 12.9. The molecule has 5 nitrogen and oxygen atoms in total. The number of aryl methyl sites for hydroxylation is 3. The Kier molecular flexibility index (Phi) is 3.88. The summed E-state index contributed by atoms with van der Waals surface area (Å²) in [4.78, 5) is 17.4. The quantitative estimate of drug-likeness (QED) is 0.849. The van der Waals surface area contributed by atoms with Crippen LogP contribution in [0.15, 0.2) is 22.4 Å².